The predicted octanol–water partition coefficient (Wildman–Crippen LogP) is 2.86. The predicted molar refractivity (Wildman–Crippen MR) is 79.7 cm³/mol. The molecule has 0 aliphatic carbocycles. The van der Waals surface area contributed by atoms with Crippen LogP contribution in [0.1, 0.15) is 50.8 Å². The van der Waals surface area contributed by atoms with Gasteiger partial charge in [0.25, 0.3) is 0 Å². The maximum absolute atomic E-state index is 9.20. The van der Waals surface area contributed by atoms with E-state index in [0.29, 0.717) is 6.42 Å². The average molecular weight is 265 g/mol. The number of nitrogens with two attached hydrogens (primary N) is 1. The molecule has 1 atom stereocenters. The summed E-state index contributed by atoms with van der Waals surface area (Å²) in [7, 11) is 1.68. The van der Waals surface area contributed by atoms with Crippen LogP contribution >= 0.6 is 0 Å². The lowest BCUT2D eigenvalue weighted by Crippen LogP contribution is -2.35. The molecule has 0 bridgehead atoms. The molecular weight excluding hydrogens is 238 g/mol. The fourth-order valence-electron chi connectivity index (χ4n) is 2.34. The molecule has 108 valence electrons. The Morgan fingerprint density at radius 3 is 2.11 bits per heavy atom. The number of hydrogen-bond donors (Lipinski definition) is 2. The molecule has 3 nitrogen and oxygen atoms in total. The minimum absolute atomic E-state index is 0.0125. The monoisotopic (exact) mass is 265 g/mol. The van der Waals surface area contributed by atoms with Crippen LogP contribution in [0.3, 0.4) is 0 Å². The van der Waals surface area contributed by atoms with Gasteiger partial charge in [0.15, 0.2) is 0 Å². The minimum atomic E-state index is -0.591. The SMILES string of the molecule is COc1c(C(C)(C)C)cc(C)cc1C(C)(N)CCO. The highest BCUT2D eigenvalue weighted by Crippen LogP contribution is 2.39. The van der Waals surface area contributed by atoms with Gasteiger partial charge in [-0.25, -0.2) is 0 Å². The van der Waals surface area contributed by atoms with Crippen LogP contribution in [-0.4, -0.2) is 18.8 Å². The van der Waals surface area contributed by atoms with Gasteiger partial charge in [-0.05, 0) is 25.7 Å². The number of aryl methyl sites for hydroxylation is 1. The molecule has 19 heavy (non-hydrogen) atoms. The van der Waals surface area contributed by atoms with Gasteiger partial charge in [0.05, 0.1) is 7.11 Å². The van der Waals surface area contributed by atoms with E-state index in [-0.39, 0.29) is 12.0 Å². The van der Waals surface area contributed by atoms with E-state index < -0.39 is 5.54 Å². The van der Waals surface area contributed by atoms with Gasteiger partial charge in [-0.15, -0.1) is 0 Å². The number of aliphatic hydroxyl groups excluding tert-OH is 1. The summed E-state index contributed by atoms with van der Waals surface area (Å²) in [6, 6.07) is 4.21. The fraction of sp³-hybridized carbons (Fsp3) is 0.625. The molecule has 0 aliphatic rings. The molecule has 0 heterocycles. The number of rotatable bonds is 4. The maximum Gasteiger partial charge on any atom is 0.127 e. The van der Waals surface area contributed by atoms with Crippen molar-refractivity contribution in [2.75, 3.05) is 13.7 Å². The third-order valence-electron chi connectivity index (χ3n) is 3.49. The maximum atomic E-state index is 9.20. The van der Waals surface area contributed by atoms with Crippen LogP contribution in [0.5, 0.6) is 5.75 Å². The van der Waals surface area contributed by atoms with Crippen LogP contribution in [0.15, 0.2) is 12.1 Å². The molecule has 0 aromatic heterocycles. The Balaban J connectivity index is 3.52. The molecule has 0 saturated carbocycles. The topological polar surface area (TPSA) is 55.5 Å². The Morgan fingerprint density at radius 2 is 1.68 bits per heavy atom. The van der Waals surface area contributed by atoms with Crippen molar-refractivity contribution < 1.29 is 9.84 Å². The van der Waals surface area contributed by atoms with Gasteiger partial charge in [-0.3, -0.25) is 0 Å². The second-order valence-corrected chi connectivity index (χ2v) is 6.53. The van der Waals surface area contributed by atoms with Crippen molar-refractivity contribution in [1.29, 1.82) is 0 Å². The van der Waals surface area contributed by atoms with Gasteiger partial charge < -0.3 is 15.6 Å². The Labute approximate surface area is 116 Å². The molecule has 1 unspecified atom stereocenters. The first kappa shape index (κ1) is 16.0. The van der Waals surface area contributed by atoms with Gasteiger partial charge in [0, 0.05) is 23.3 Å². The summed E-state index contributed by atoms with van der Waals surface area (Å²) in [4.78, 5) is 0. The molecule has 1 rings (SSSR count). The van der Waals surface area contributed by atoms with Crippen molar-refractivity contribution in [2.45, 2.75) is 52.0 Å². The van der Waals surface area contributed by atoms with Crippen molar-refractivity contribution in [1.82, 2.24) is 0 Å². The van der Waals surface area contributed by atoms with Gasteiger partial charge in [-0.1, -0.05) is 38.5 Å². The van der Waals surface area contributed by atoms with E-state index >= 15 is 0 Å². The lowest BCUT2D eigenvalue weighted by Gasteiger charge is -2.31. The van der Waals surface area contributed by atoms with Crippen molar-refractivity contribution in [2.24, 2.45) is 5.73 Å². The van der Waals surface area contributed by atoms with Crippen LogP contribution in [0, 0.1) is 6.92 Å². The highest BCUT2D eigenvalue weighted by atomic mass is 16.5. The van der Waals surface area contributed by atoms with E-state index in [1.54, 1.807) is 7.11 Å². The van der Waals surface area contributed by atoms with Gasteiger partial charge >= 0.3 is 0 Å². The zero-order chi connectivity index (χ0) is 14.8. The summed E-state index contributed by atoms with van der Waals surface area (Å²) >= 11 is 0. The second kappa shape index (κ2) is 5.51. The Bertz CT molecular complexity index is 445. The van der Waals surface area contributed by atoms with Gasteiger partial charge in [0.1, 0.15) is 5.75 Å². The zero-order valence-electron chi connectivity index (χ0n) is 13.0. The lowest BCUT2D eigenvalue weighted by atomic mass is 9.80. The Hall–Kier alpha value is -1.06. The molecule has 0 amide bonds. The molecule has 1 aromatic carbocycles. The standard InChI is InChI=1S/C16H27NO2/c1-11-9-12(15(2,3)4)14(19-6)13(10-11)16(5,17)7-8-18/h9-10,18H,7-8,17H2,1-6H3. The summed E-state index contributed by atoms with van der Waals surface area (Å²) in [5.41, 5.74) is 9.04. The molecule has 0 aliphatic heterocycles. The first-order chi connectivity index (χ1) is 8.63. The van der Waals surface area contributed by atoms with Gasteiger partial charge in [-0.2, -0.15) is 0 Å². The number of benzene rings is 1. The van der Waals surface area contributed by atoms with Crippen molar-refractivity contribution in [3.63, 3.8) is 0 Å². The van der Waals surface area contributed by atoms with E-state index in [0.717, 1.165) is 22.4 Å². The first-order valence-corrected chi connectivity index (χ1v) is 6.73. The molecule has 0 saturated heterocycles. The van der Waals surface area contributed by atoms with Crippen LogP contribution in [-0.2, 0) is 11.0 Å². The van der Waals surface area contributed by atoms with Gasteiger partial charge in [0.2, 0.25) is 0 Å². The molecule has 0 spiro atoms. The van der Waals surface area contributed by atoms with E-state index in [4.69, 9.17) is 10.5 Å². The fourth-order valence-corrected chi connectivity index (χ4v) is 2.34. The smallest absolute Gasteiger partial charge is 0.127 e. The summed E-state index contributed by atoms with van der Waals surface area (Å²) in [6.45, 7) is 10.5. The molecule has 0 fully saturated rings. The van der Waals surface area contributed by atoms with Crippen LogP contribution in [0.25, 0.3) is 0 Å². The minimum Gasteiger partial charge on any atom is -0.496 e. The van der Waals surface area contributed by atoms with E-state index in [1.807, 2.05) is 6.92 Å². The quantitative estimate of drug-likeness (QED) is 0.880. The van der Waals surface area contributed by atoms with Crippen LogP contribution < -0.4 is 10.5 Å². The summed E-state index contributed by atoms with van der Waals surface area (Å²) in [5, 5.41) is 9.20. The zero-order valence-corrected chi connectivity index (χ0v) is 13.0. The van der Waals surface area contributed by atoms with Crippen LogP contribution in [0.4, 0.5) is 0 Å². The Kier molecular flexibility index (Phi) is 4.64. The van der Waals surface area contributed by atoms with Crippen molar-refractivity contribution >= 4 is 0 Å². The number of methoxy groups -OCH3 is 1. The first-order valence-electron chi connectivity index (χ1n) is 6.73. The summed E-state index contributed by atoms with van der Waals surface area (Å²) in [6.07, 6.45) is 0.510. The number of hydrogen-bond acceptors (Lipinski definition) is 3. The highest BCUT2D eigenvalue weighted by molar-refractivity contribution is 5.50. The summed E-state index contributed by atoms with van der Waals surface area (Å²) in [5.74, 6) is 0.844. The third kappa shape index (κ3) is 3.48. The van der Waals surface area contributed by atoms with E-state index in [1.165, 1.54) is 0 Å². The largest absolute Gasteiger partial charge is 0.496 e. The van der Waals surface area contributed by atoms with Crippen molar-refractivity contribution in [3.05, 3.63) is 28.8 Å². The molecule has 3 heteroatoms. The van der Waals surface area contributed by atoms with Crippen molar-refractivity contribution in [3.8, 4) is 5.75 Å². The third-order valence-corrected chi connectivity index (χ3v) is 3.49. The number of aliphatic hydroxyl groups is 1. The van der Waals surface area contributed by atoms with Crippen LogP contribution in [0.2, 0.25) is 0 Å². The molecule has 1 aromatic rings. The summed E-state index contributed by atoms with van der Waals surface area (Å²) < 4.78 is 5.63. The molecular formula is C16H27NO2. The highest BCUT2D eigenvalue weighted by Gasteiger charge is 2.29. The Morgan fingerprint density at radius 1 is 1.16 bits per heavy atom. The number of ether oxygens (including phenoxy) is 1. The van der Waals surface area contributed by atoms with E-state index in [9.17, 15) is 5.11 Å². The molecule has 3 N–H and O–H groups in total. The molecule has 0 radical (unpaired) electrons. The normalized spacial score (nSPS) is 15.2. The van der Waals surface area contributed by atoms with E-state index in [2.05, 4.69) is 39.8 Å². The second-order valence-electron chi connectivity index (χ2n) is 6.53. The lowest BCUT2D eigenvalue weighted by molar-refractivity contribution is 0.244. The average Bonchev–Trinajstić information content (AvgIpc) is 2.26.